The zero-order valence-electron chi connectivity index (χ0n) is 17.3. The fourth-order valence-corrected chi connectivity index (χ4v) is 4.17. The molecule has 4 rings (SSSR count). The highest BCUT2D eigenvalue weighted by molar-refractivity contribution is 7.98. The Labute approximate surface area is 178 Å². The van der Waals surface area contributed by atoms with E-state index in [0.29, 0.717) is 27.6 Å². The third-order valence-electron chi connectivity index (χ3n) is 5.07. The first-order chi connectivity index (χ1) is 14.3. The van der Waals surface area contributed by atoms with Crippen LogP contribution >= 0.6 is 11.8 Å². The van der Waals surface area contributed by atoms with Crippen LogP contribution in [-0.2, 0) is 19.8 Å². The first-order valence-corrected chi connectivity index (χ1v) is 10.6. The molecule has 0 amide bonds. The Morgan fingerprint density at radius 2 is 1.43 bits per heavy atom. The summed E-state index contributed by atoms with van der Waals surface area (Å²) < 4.78 is 2.51. The van der Waals surface area contributed by atoms with E-state index in [1.165, 1.54) is 28.9 Å². The molecule has 0 radical (unpaired) electrons. The van der Waals surface area contributed by atoms with E-state index in [1.54, 1.807) is 7.05 Å². The molecular weight excluding hydrogens is 396 g/mol. The monoisotopic (exact) mass is 418 g/mol. The van der Waals surface area contributed by atoms with Gasteiger partial charge in [0.25, 0.3) is 5.56 Å². The summed E-state index contributed by atoms with van der Waals surface area (Å²) in [4.78, 5) is 34.7. The SMILES string of the molecule is Cc1ccc(CSc2nc(-c3ccc(C)cc3)nc3c2c(=O)n(C)c(=O)n3C)cc1. The zero-order chi connectivity index (χ0) is 21.4. The highest BCUT2D eigenvalue weighted by atomic mass is 32.2. The molecule has 30 heavy (non-hydrogen) atoms. The van der Waals surface area contributed by atoms with Crippen molar-refractivity contribution in [2.24, 2.45) is 14.1 Å². The van der Waals surface area contributed by atoms with E-state index in [-0.39, 0.29) is 5.56 Å². The lowest BCUT2D eigenvalue weighted by atomic mass is 10.1. The lowest BCUT2D eigenvalue weighted by Gasteiger charge is -2.12. The number of aromatic nitrogens is 4. The molecule has 0 bridgehead atoms. The van der Waals surface area contributed by atoms with Crippen molar-refractivity contribution in [3.63, 3.8) is 0 Å². The molecule has 7 heteroatoms. The number of aryl methyl sites for hydroxylation is 3. The minimum absolute atomic E-state index is 0.347. The van der Waals surface area contributed by atoms with Crippen molar-refractivity contribution >= 4 is 22.8 Å². The smallest absolute Gasteiger partial charge is 0.280 e. The largest absolute Gasteiger partial charge is 0.332 e. The lowest BCUT2D eigenvalue weighted by molar-refractivity contribution is 0.703. The second-order valence-electron chi connectivity index (χ2n) is 7.40. The minimum Gasteiger partial charge on any atom is -0.280 e. The number of benzene rings is 2. The Balaban J connectivity index is 1.90. The van der Waals surface area contributed by atoms with Crippen LogP contribution in [0.5, 0.6) is 0 Å². The van der Waals surface area contributed by atoms with E-state index >= 15 is 0 Å². The second-order valence-corrected chi connectivity index (χ2v) is 8.36. The van der Waals surface area contributed by atoms with Gasteiger partial charge in [-0.2, -0.15) is 0 Å². The molecule has 0 saturated carbocycles. The Bertz CT molecular complexity index is 1350. The normalized spacial score (nSPS) is 11.2. The number of nitrogens with zero attached hydrogens (tertiary/aromatic N) is 4. The number of hydrogen-bond acceptors (Lipinski definition) is 5. The minimum atomic E-state index is -0.407. The average molecular weight is 419 g/mol. The predicted octanol–water partition coefficient (Wildman–Crippen LogP) is 3.60. The second kappa shape index (κ2) is 7.91. The Morgan fingerprint density at radius 3 is 2.07 bits per heavy atom. The van der Waals surface area contributed by atoms with Crippen LogP contribution in [0.1, 0.15) is 16.7 Å². The van der Waals surface area contributed by atoms with Gasteiger partial charge in [-0.15, -0.1) is 11.8 Å². The molecule has 4 aromatic rings. The van der Waals surface area contributed by atoms with Gasteiger partial charge in [0.15, 0.2) is 11.5 Å². The molecule has 0 saturated heterocycles. The Hall–Kier alpha value is -3.19. The van der Waals surface area contributed by atoms with E-state index in [9.17, 15) is 9.59 Å². The van der Waals surface area contributed by atoms with Crippen LogP contribution in [0.25, 0.3) is 22.4 Å². The van der Waals surface area contributed by atoms with Crippen molar-refractivity contribution in [3.05, 3.63) is 86.1 Å². The van der Waals surface area contributed by atoms with E-state index in [1.807, 2.05) is 38.1 Å². The van der Waals surface area contributed by atoms with Gasteiger partial charge in [-0.1, -0.05) is 59.7 Å². The standard InChI is InChI=1S/C23H22N4O2S/c1-14-5-9-16(10-6-14)13-30-21-18-20(26(3)23(29)27(4)22(18)28)24-19(25-21)17-11-7-15(2)8-12-17/h5-12H,13H2,1-4H3. The van der Waals surface area contributed by atoms with Gasteiger partial charge in [-0.25, -0.2) is 14.8 Å². The van der Waals surface area contributed by atoms with Crippen LogP contribution in [0, 0.1) is 13.8 Å². The van der Waals surface area contributed by atoms with Gasteiger partial charge in [0.05, 0.1) is 0 Å². The maximum absolute atomic E-state index is 12.9. The first kappa shape index (κ1) is 20.1. The van der Waals surface area contributed by atoms with Crippen molar-refractivity contribution in [2.45, 2.75) is 24.6 Å². The highest BCUT2D eigenvalue weighted by Crippen LogP contribution is 2.28. The summed E-state index contributed by atoms with van der Waals surface area (Å²) >= 11 is 1.48. The highest BCUT2D eigenvalue weighted by Gasteiger charge is 2.18. The molecule has 0 spiro atoms. The molecule has 0 N–H and O–H groups in total. The summed E-state index contributed by atoms with van der Waals surface area (Å²) in [5, 5.41) is 0.944. The van der Waals surface area contributed by atoms with E-state index in [2.05, 4.69) is 29.2 Å². The van der Waals surface area contributed by atoms with Crippen LogP contribution in [-0.4, -0.2) is 19.1 Å². The molecule has 0 aliphatic heterocycles. The molecule has 2 aromatic carbocycles. The Morgan fingerprint density at radius 1 is 0.833 bits per heavy atom. The average Bonchev–Trinajstić information content (AvgIpc) is 2.75. The van der Waals surface area contributed by atoms with E-state index < -0.39 is 5.69 Å². The Kier molecular flexibility index (Phi) is 5.30. The molecule has 2 aromatic heterocycles. The molecular formula is C23H22N4O2S. The molecule has 2 heterocycles. The van der Waals surface area contributed by atoms with Gasteiger partial charge in [0.1, 0.15) is 10.4 Å². The summed E-state index contributed by atoms with van der Waals surface area (Å²) in [6, 6.07) is 16.1. The van der Waals surface area contributed by atoms with Crippen LogP contribution in [0.3, 0.4) is 0 Å². The molecule has 6 nitrogen and oxygen atoms in total. The fraction of sp³-hybridized carbons (Fsp3) is 0.217. The zero-order valence-corrected chi connectivity index (χ0v) is 18.2. The fourth-order valence-electron chi connectivity index (χ4n) is 3.20. The third kappa shape index (κ3) is 3.68. The van der Waals surface area contributed by atoms with E-state index in [0.717, 1.165) is 21.3 Å². The van der Waals surface area contributed by atoms with Gasteiger partial charge in [0, 0.05) is 25.4 Å². The first-order valence-electron chi connectivity index (χ1n) is 9.58. The maximum atomic E-state index is 12.9. The molecule has 0 unspecified atom stereocenters. The molecule has 0 aliphatic rings. The van der Waals surface area contributed by atoms with Crippen molar-refractivity contribution in [1.29, 1.82) is 0 Å². The van der Waals surface area contributed by atoms with Gasteiger partial charge in [-0.3, -0.25) is 13.9 Å². The van der Waals surface area contributed by atoms with Crippen LogP contribution in [0.2, 0.25) is 0 Å². The lowest BCUT2D eigenvalue weighted by Crippen LogP contribution is -2.37. The maximum Gasteiger partial charge on any atom is 0.332 e. The number of hydrogen-bond donors (Lipinski definition) is 0. The van der Waals surface area contributed by atoms with Crippen molar-refractivity contribution in [3.8, 4) is 11.4 Å². The summed E-state index contributed by atoms with van der Waals surface area (Å²) in [6.45, 7) is 4.06. The third-order valence-corrected chi connectivity index (χ3v) is 6.12. The van der Waals surface area contributed by atoms with Gasteiger partial charge < -0.3 is 0 Å². The number of rotatable bonds is 4. The quantitative estimate of drug-likeness (QED) is 0.374. The van der Waals surface area contributed by atoms with Gasteiger partial charge >= 0.3 is 5.69 Å². The van der Waals surface area contributed by atoms with Crippen molar-refractivity contribution in [1.82, 2.24) is 19.1 Å². The van der Waals surface area contributed by atoms with E-state index in [4.69, 9.17) is 4.98 Å². The van der Waals surface area contributed by atoms with Crippen molar-refractivity contribution in [2.75, 3.05) is 0 Å². The van der Waals surface area contributed by atoms with Crippen LogP contribution in [0.15, 0.2) is 63.1 Å². The summed E-state index contributed by atoms with van der Waals surface area (Å²) in [6.07, 6.45) is 0. The van der Waals surface area contributed by atoms with Gasteiger partial charge in [0.2, 0.25) is 0 Å². The van der Waals surface area contributed by atoms with Crippen LogP contribution < -0.4 is 11.2 Å². The number of fused-ring (bicyclic) bond motifs is 1. The van der Waals surface area contributed by atoms with Gasteiger partial charge in [-0.05, 0) is 19.4 Å². The van der Waals surface area contributed by atoms with Crippen LogP contribution in [0.4, 0.5) is 0 Å². The molecule has 0 fully saturated rings. The summed E-state index contributed by atoms with van der Waals surface area (Å²) in [5.41, 5.74) is 3.87. The molecule has 0 atom stereocenters. The summed E-state index contributed by atoms with van der Waals surface area (Å²) in [7, 11) is 3.11. The predicted molar refractivity (Wildman–Crippen MR) is 121 cm³/mol. The molecule has 0 aliphatic carbocycles. The topological polar surface area (TPSA) is 69.8 Å². The summed E-state index contributed by atoms with van der Waals surface area (Å²) in [5.74, 6) is 1.16. The molecule has 152 valence electrons. The van der Waals surface area contributed by atoms with Crippen molar-refractivity contribution < 1.29 is 0 Å². The number of thioether (sulfide) groups is 1.